The molecule has 1 aliphatic rings. The van der Waals surface area contributed by atoms with Crippen LogP contribution in [0.2, 0.25) is 0 Å². The van der Waals surface area contributed by atoms with Crippen LogP contribution in [0.3, 0.4) is 0 Å². The molecule has 1 aromatic heterocycles. The van der Waals surface area contributed by atoms with Crippen molar-refractivity contribution in [3.8, 4) is 0 Å². The first-order chi connectivity index (χ1) is 12.1. The van der Waals surface area contributed by atoms with E-state index in [4.69, 9.17) is 4.74 Å². The number of hydrogen-bond acceptors (Lipinski definition) is 5. The number of hydrogen-bond donors (Lipinski definition) is 1. The largest absolute Gasteiger partial charge is 0.383 e. The van der Waals surface area contributed by atoms with E-state index in [0.717, 1.165) is 64.0 Å². The molecule has 0 aliphatic carbocycles. The highest BCUT2D eigenvalue weighted by Crippen LogP contribution is 2.37. The summed E-state index contributed by atoms with van der Waals surface area (Å²) >= 11 is 0. The monoisotopic (exact) mass is 348 g/mol. The maximum absolute atomic E-state index is 12.9. The van der Waals surface area contributed by atoms with E-state index in [1.54, 1.807) is 19.5 Å². The summed E-state index contributed by atoms with van der Waals surface area (Å²) in [7, 11) is 1.73. The molecule has 6 nitrogen and oxygen atoms in total. The number of carbonyl (C=O) groups excluding carboxylic acids is 1. The summed E-state index contributed by atoms with van der Waals surface area (Å²) < 4.78 is 5.18. The van der Waals surface area contributed by atoms with Crippen LogP contribution >= 0.6 is 0 Å². The third-order valence-corrected chi connectivity index (χ3v) is 5.03. The smallest absolute Gasteiger partial charge is 0.226 e. The lowest BCUT2D eigenvalue weighted by Crippen LogP contribution is -2.50. The second-order valence-corrected chi connectivity index (χ2v) is 7.29. The van der Waals surface area contributed by atoms with Gasteiger partial charge in [0.1, 0.15) is 0 Å². The SMILES string of the molecule is COCCN1CCC(CCCc2cnccn2)(C(=O)NC(C)C)CC1. The summed E-state index contributed by atoms with van der Waals surface area (Å²) in [6.45, 7) is 7.66. The number of likely N-dealkylation sites (tertiary alicyclic amines) is 1. The van der Waals surface area contributed by atoms with Crippen LogP contribution in [0.4, 0.5) is 0 Å². The van der Waals surface area contributed by atoms with Gasteiger partial charge in [-0.05, 0) is 59.0 Å². The Morgan fingerprint density at radius 2 is 2.12 bits per heavy atom. The van der Waals surface area contributed by atoms with Crippen molar-refractivity contribution >= 4 is 5.91 Å². The molecule has 1 fully saturated rings. The standard InChI is InChI=1S/C19H32N4O2/c1-16(2)22-18(24)19(6-4-5-17-15-20-9-10-21-17)7-11-23(12-8-19)13-14-25-3/h9-10,15-16H,4-8,11-14H2,1-3H3,(H,22,24). The minimum Gasteiger partial charge on any atom is -0.383 e. The molecule has 6 heteroatoms. The predicted molar refractivity (Wildman–Crippen MR) is 98.2 cm³/mol. The second kappa shape index (κ2) is 9.82. The van der Waals surface area contributed by atoms with E-state index in [1.807, 2.05) is 20.0 Å². The minimum absolute atomic E-state index is 0.177. The van der Waals surface area contributed by atoms with E-state index in [-0.39, 0.29) is 17.4 Å². The summed E-state index contributed by atoms with van der Waals surface area (Å²) in [5.74, 6) is 0.216. The summed E-state index contributed by atoms with van der Waals surface area (Å²) in [5, 5.41) is 3.15. The molecular weight excluding hydrogens is 316 g/mol. The molecule has 1 aliphatic heterocycles. The lowest BCUT2D eigenvalue weighted by molar-refractivity contribution is -0.135. The minimum atomic E-state index is -0.254. The van der Waals surface area contributed by atoms with Crippen molar-refractivity contribution in [2.75, 3.05) is 33.4 Å². The van der Waals surface area contributed by atoms with Crippen LogP contribution < -0.4 is 5.32 Å². The van der Waals surface area contributed by atoms with Crippen LogP contribution in [0.5, 0.6) is 0 Å². The van der Waals surface area contributed by atoms with Crippen LogP contribution in [-0.4, -0.2) is 60.2 Å². The topological polar surface area (TPSA) is 67.3 Å². The number of aryl methyl sites for hydroxylation is 1. The van der Waals surface area contributed by atoms with Crippen molar-refractivity contribution in [2.45, 2.75) is 52.0 Å². The molecule has 140 valence electrons. The summed E-state index contributed by atoms with van der Waals surface area (Å²) in [5.41, 5.74) is 0.746. The van der Waals surface area contributed by atoms with Gasteiger partial charge in [-0.2, -0.15) is 0 Å². The Bertz CT molecular complexity index is 513. The van der Waals surface area contributed by atoms with Crippen LogP contribution in [0.25, 0.3) is 0 Å². The third-order valence-electron chi connectivity index (χ3n) is 5.03. The molecule has 1 aromatic rings. The van der Waals surface area contributed by atoms with E-state index in [2.05, 4.69) is 20.2 Å². The van der Waals surface area contributed by atoms with Crippen molar-refractivity contribution in [1.82, 2.24) is 20.2 Å². The number of methoxy groups -OCH3 is 1. The fraction of sp³-hybridized carbons (Fsp3) is 0.737. The van der Waals surface area contributed by atoms with Gasteiger partial charge < -0.3 is 15.0 Å². The number of nitrogens with zero attached hydrogens (tertiary/aromatic N) is 3. The molecule has 1 amide bonds. The molecule has 0 aromatic carbocycles. The first kappa shape index (κ1) is 19.8. The molecular formula is C19H32N4O2. The Labute approximate surface area is 151 Å². The van der Waals surface area contributed by atoms with Gasteiger partial charge in [0.25, 0.3) is 0 Å². The van der Waals surface area contributed by atoms with E-state index in [1.165, 1.54) is 0 Å². The maximum atomic E-state index is 12.9. The summed E-state index contributed by atoms with van der Waals surface area (Å²) in [4.78, 5) is 23.8. The lowest BCUT2D eigenvalue weighted by atomic mass is 9.73. The molecule has 2 rings (SSSR count). The van der Waals surface area contributed by atoms with Gasteiger partial charge in [-0.15, -0.1) is 0 Å². The zero-order valence-electron chi connectivity index (χ0n) is 15.8. The van der Waals surface area contributed by atoms with Gasteiger partial charge in [-0.1, -0.05) is 0 Å². The van der Waals surface area contributed by atoms with E-state index >= 15 is 0 Å². The first-order valence-corrected chi connectivity index (χ1v) is 9.33. The van der Waals surface area contributed by atoms with Crippen LogP contribution in [0.15, 0.2) is 18.6 Å². The summed E-state index contributed by atoms with van der Waals surface area (Å²) in [6.07, 6.45) is 9.79. The summed E-state index contributed by atoms with van der Waals surface area (Å²) in [6, 6.07) is 0.177. The molecule has 1 saturated heterocycles. The Kier molecular flexibility index (Phi) is 7.78. The van der Waals surface area contributed by atoms with Gasteiger partial charge in [-0.25, -0.2) is 0 Å². The molecule has 2 heterocycles. The van der Waals surface area contributed by atoms with Crippen molar-refractivity contribution in [1.29, 1.82) is 0 Å². The Morgan fingerprint density at radius 1 is 1.36 bits per heavy atom. The number of aromatic nitrogens is 2. The fourth-order valence-electron chi connectivity index (χ4n) is 3.50. The molecule has 0 saturated carbocycles. The predicted octanol–water partition coefficient (Wildman–Crippen LogP) is 2.05. The van der Waals surface area contributed by atoms with Crippen molar-refractivity contribution in [3.05, 3.63) is 24.3 Å². The zero-order chi connectivity index (χ0) is 18.1. The number of piperidine rings is 1. The molecule has 0 radical (unpaired) electrons. The second-order valence-electron chi connectivity index (χ2n) is 7.29. The third kappa shape index (κ3) is 6.04. The first-order valence-electron chi connectivity index (χ1n) is 9.33. The Balaban J connectivity index is 1.94. The molecule has 1 N–H and O–H groups in total. The molecule has 0 atom stereocenters. The van der Waals surface area contributed by atoms with Crippen molar-refractivity contribution in [2.24, 2.45) is 5.41 Å². The Morgan fingerprint density at radius 3 is 2.72 bits per heavy atom. The van der Waals surface area contributed by atoms with Crippen LogP contribution in [-0.2, 0) is 16.0 Å². The average Bonchev–Trinajstić information content (AvgIpc) is 2.61. The van der Waals surface area contributed by atoms with Gasteiger partial charge in [0.05, 0.1) is 17.7 Å². The maximum Gasteiger partial charge on any atom is 0.226 e. The van der Waals surface area contributed by atoms with Crippen LogP contribution in [0, 0.1) is 5.41 Å². The highest BCUT2D eigenvalue weighted by molar-refractivity contribution is 5.83. The highest BCUT2D eigenvalue weighted by Gasteiger charge is 2.40. The normalized spacial score (nSPS) is 17.6. The van der Waals surface area contributed by atoms with E-state index in [0.29, 0.717) is 0 Å². The van der Waals surface area contributed by atoms with Crippen molar-refractivity contribution < 1.29 is 9.53 Å². The van der Waals surface area contributed by atoms with Gasteiger partial charge in [0.2, 0.25) is 5.91 Å². The Hall–Kier alpha value is -1.53. The van der Waals surface area contributed by atoms with Gasteiger partial charge >= 0.3 is 0 Å². The van der Waals surface area contributed by atoms with Crippen LogP contribution in [0.1, 0.15) is 45.2 Å². The molecule has 0 unspecified atom stereocenters. The fourth-order valence-corrected chi connectivity index (χ4v) is 3.50. The quantitative estimate of drug-likeness (QED) is 0.740. The van der Waals surface area contributed by atoms with Gasteiger partial charge in [-0.3, -0.25) is 14.8 Å². The molecule has 0 bridgehead atoms. The van der Waals surface area contributed by atoms with Gasteiger partial charge in [0, 0.05) is 38.3 Å². The van der Waals surface area contributed by atoms with Crippen molar-refractivity contribution in [3.63, 3.8) is 0 Å². The highest BCUT2D eigenvalue weighted by atomic mass is 16.5. The zero-order valence-corrected chi connectivity index (χ0v) is 15.8. The number of ether oxygens (including phenoxy) is 1. The number of carbonyl (C=O) groups is 1. The number of rotatable bonds is 9. The molecule has 0 spiro atoms. The number of amides is 1. The lowest BCUT2D eigenvalue weighted by Gasteiger charge is -2.41. The molecule has 25 heavy (non-hydrogen) atoms. The van der Waals surface area contributed by atoms with Gasteiger partial charge in [0.15, 0.2) is 0 Å². The van der Waals surface area contributed by atoms with E-state index < -0.39 is 0 Å². The average molecular weight is 348 g/mol. The van der Waals surface area contributed by atoms with E-state index in [9.17, 15) is 4.79 Å². The number of nitrogens with one attached hydrogen (secondary N) is 1.